The Kier molecular flexibility index (Phi) is 12.2. The van der Waals surface area contributed by atoms with Gasteiger partial charge in [-0.05, 0) is 24.7 Å². The van der Waals surface area contributed by atoms with E-state index in [0.717, 1.165) is 6.42 Å². The Balaban J connectivity index is 3.42. The Morgan fingerprint density at radius 3 is 1.39 bits per heavy atom. The molecule has 3 unspecified atom stereocenters. The smallest absolute Gasteiger partial charge is 0.317 e. The first kappa shape index (κ1) is 31.3. The van der Waals surface area contributed by atoms with Crippen LogP contribution in [-0.4, -0.2) is 127 Å². The van der Waals surface area contributed by atoms with Crippen LogP contribution in [0.3, 0.4) is 0 Å². The Morgan fingerprint density at radius 1 is 0.667 bits per heavy atom. The SMILES string of the molecule is CC(C)(C)CC(CN(CC(=O)O)C1CCCCC1N(CC(=O)O)CC(=O)O)N(CC(=O)O)CC(=O)O. The standard InChI is InChI=1S/C23H39N3O10/c1-23(2,3)8-15(24(10-18(27)28)11-19(29)30)9-25(12-20(31)32)16-6-4-5-7-17(16)26(13-21(33)34)14-22(35)36/h15-17H,4-14H2,1-3H3,(H,27,28)(H,29,30)(H,31,32)(H,33,34)(H,35,36). The highest BCUT2D eigenvalue weighted by Crippen LogP contribution is 2.30. The summed E-state index contributed by atoms with van der Waals surface area (Å²) in [5, 5.41) is 47.2. The van der Waals surface area contributed by atoms with E-state index < -0.39 is 80.7 Å². The van der Waals surface area contributed by atoms with Crippen LogP contribution in [0.4, 0.5) is 0 Å². The van der Waals surface area contributed by atoms with Crippen LogP contribution in [0.2, 0.25) is 0 Å². The third kappa shape index (κ3) is 11.8. The fraction of sp³-hybridized carbons (Fsp3) is 0.783. The highest BCUT2D eigenvalue weighted by atomic mass is 16.4. The summed E-state index contributed by atoms with van der Waals surface area (Å²) in [4.78, 5) is 62.0. The molecule has 5 N–H and O–H groups in total. The van der Waals surface area contributed by atoms with Crippen molar-refractivity contribution in [3.8, 4) is 0 Å². The highest BCUT2D eigenvalue weighted by molar-refractivity contribution is 5.73. The van der Waals surface area contributed by atoms with E-state index in [1.165, 1.54) is 9.80 Å². The van der Waals surface area contributed by atoms with Gasteiger partial charge >= 0.3 is 29.8 Å². The first-order chi connectivity index (χ1) is 16.6. The molecule has 0 aromatic rings. The van der Waals surface area contributed by atoms with E-state index in [0.29, 0.717) is 25.7 Å². The molecule has 1 aliphatic carbocycles. The van der Waals surface area contributed by atoms with E-state index >= 15 is 0 Å². The summed E-state index contributed by atoms with van der Waals surface area (Å²) in [5.74, 6) is -6.00. The van der Waals surface area contributed by atoms with Crippen molar-refractivity contribution in [2.75, 3.05) is 39.3 Å². The Hall–Kier alpha value is -2.77. The quantitative estimate of drug-likeness (QED) is 0.189. The van der Waals surface area contributed by atoms with Gasteiger partial charge in [0.15, 0.2) is 0 Å². The number of aliphatic carboxylic acids is 5. The van der Waals surface area contributed by atoms with Gasteiger partial charge in [0, 0.05) is 24.7 Å². The van der Waals surface area contributed by atoms with Gasteiger partial charge in [-0.2, -0.15) is 0 Å². The molecule has 0 aromatic heterocycles. The molecule has 206 valence electrons. The van der Waals surface area contributed by atoms with Gasteiger partial charge < -0.3 is 25.5 Å². The fourth-order valence-corrected chi connectivity index (χ4v) is 5.02. The van der Waals surface area contributed by atoms with Gasteiger partial charge in [-0.3, -0.25) is 38.7 Å². The van der Waals surface area contributed by atoms with Gasteiger partial charge in [0.2, 0.25) is 0 Å². The Morgan fingerprint density at radius 2 is 1.03 bits per heavy atom. The summed E-state index contributed by atoms with van der Waals surface area (Å²) in [5.41, 5.74) is -0.348. The van der Waals surface area contributed by atoms with Crippen LogP contribution < -0.4 is 0 Å². The summed E-state index contributed by atoms with van der Waals surface area (Å²) in [6, 6.07) is -1.69. The van der Waals surface area contributed by atoms with Crippen LogP contribution in [0, 0.1) is 5.41 Å². The molecule has 0 heterocycles. The predicted octanol–water partition coefficient (Wildman–Crippen LogP) is 0.431. The second-order valence-electron chi connectivity index (χ2n) is 10.5. The molecule has 1 aliphatic rings. The maximum atomic E-state index is 11.8. The molecule has 36 heavy (non-hydrogen) atoms. The van der Waals surface area contributed by atoms with Crippen LogP contribution in [0.25, 0.3) is 0 Å². The first-order valence-corrected chi connectivity index (χ1v) is 11.9. The molecule has 13 nitrogen and oxygen atoms in total. The topological polar surface area (TPSA) is 196 Å². The Bertz CT molecular complexity index is 765. The van der Waals surface area contributed by atoms with Crippen molar-refractivity contribution in [2.24, 2.45) is 5.41 Å². The van der Waals surface area contributed by atoms with Gasteiger partial charge in [0.05, 0.1) is 32.7 Å². The van der Waals surface area contributed by atoms with E-state index in [-0.39, 0.29) is 12.0 Å². The van der Waals surface area contributed by atoms with Crippen molar-refractivity contribution < 1.29 is 49.5 Å². The second kappa shape index (κ2) is 14.1. The molecule has 0 aromatic carbocycles. The number of nitrogens with zero attached hydrogens (tertiary/aromatic N) is 3. The van der Waals surface area contributed by atoms with Crippen molar-refractivity contribution in [1.29, 1.82) is 0 Å². The van der Waals surface area contributed by atoms with Crippen molar-refractivity contribution in [3.63, 3.8) is 0 Å². The summed E-state index contributed by atoms with van der Waals surface area (Å²) in [7, 11) is 0. The van der Waals surface area contributed by atoms with E-state index in [9.17, 15) is 49.5 Å². The molecule has 1 saturated carbocycles. The van der Waals surface area contributed by atoms with Crippen molar-refractivity contribution in [1.82, 2.24) is 14.7 Å². The lowest BCUT2D eigenvalue weighted by Gasteiger charge is -2.46. The lowest BCUT2D eigenvalue weighted by molar-refractivity contribution is -0.146. The van der Waals surface area contributed by atoms with Crippen molar-refractivity contribution in [2.45, 2.75) is 71.0 Å². The maximum Gasteiger partial charge on any atom is 0.317 e. The van der Waals surface area contributed by atoms with Gasteiger partial charge in [-0.25, -0.2) is 0 Å². The molecule has 0 aliphatic heterocycles. The summed E-state index contributed by atoms with van der Waals surface area (Å²) >= 11 is 0. The van der Waals surface area contributed by atoms with E-state index in [2.05, 4.69) is 0 Å². The number of hydrogen-bond acceptors (Lipinski definition) is 8. The lowest BCUT2D eigenvalue weighted by Crippen LogP contribution is -2.59. The maximum absolute atomic E-state index is 11.8. The molecule has 1 fully saturated rings. The molecule has 1 rings (SSSR count). The number of carboxylic acid groups (broad SMARTS) is 5. The third-order valence-corrected chi connectivity index (χ3v) is 6.13. The fourth-order valence-electron chi connectivity index (χ4n) is 5.02. The molecular formula is C23H39N3O10. The van der Waals surface area contributed by atoms with Crippen LogP contribution in [0.15, 0.2) is 0 Å². The van der Waals surface area contributed by atoms with Crippen molar-refractivity contribution >= 4 is 29.8 Å². The minimum absolute atomic E-state index is 0.0271. The minimum Gasteiger partial charge on any atom is -0.480 e. The van der Waals surface area contributed by atoms with Gasteiger partial charge in [0.1, 0.15) is 0 Å². The lowest BCUT2D eigenvalue weighted by atomic mass is 9.85. The van der Waals surface area contributed by atoms with E-state index in [4.69, 9.17) is 0 Å². The monoisotopic (exact) mass is 517 g/mol. The van der Waals surface area contributed by atoms with Gasteiger partial charge in [-0.15, -0.1) is 0 Å². The summed E-state index contributed by atoms with van der Waals surface area (Å²) < 4.78 is 0. The Labute approximate surface area is 210 Å². The molecule has 0 bridgehead atoms. The van der Waals surface area contributed by atoms with E-state index in [1.54, 1.807) is 4.90 Å². The van der Waals surface area contributed by atoms with Gasteiger partial charge in [0.25, 0.3) is 0 Å². The van der Waals surface area contributed by atoms with Crippen LogP contribution in [0.1, 0.15) is 52.9 Å². The molecule has 0 amide bonds. The number of hydrogen-bond donors (Lipinski definition) is 5. The molecule has 0 radical (unpaired) electrons. The zero-order valence-corrected chi connectivity index (χ0v) is 21.1. The number of carbonyl (C=O) groups is 5. The molecule has 0 saturated heterocycles. The summed E-state index contributed by atoms with van der Waals surface area (Å²) in [6.07, 6.45) is 2.78. The largest absolute Gasteiger partial charge is 0.480 e. The average molecular weight is 518 g/mol. The second-order valence-corrected chi connectivity index (χ2v) is 10.5. The van der Waals surface area contributed by atoms with Gasteiger partial charge in [-0.1, -0.05) is 33.6 Å². The van der Waals surface area contributed by atoms with Crippen LogP contribution in [-0.2, 0) is 24.0 Å². The highest BCUT2D eigenvalue weighted by Gasteiger charge is 2.39. The van der Waals surface area contributed by atoms with Crippen molar-refractivity contribution in [3.05, 3.63) is 0 Å². The molecule has 0 spiro atoms. The van der Waals surface area contributed by atoms with Crippen LogP contribution in [0.5, 0.6) is 0 Å². The molecular weight excluding hydrogens is 478 g/mol. The minimum atomic E-state index is -1.22. The zero-order chi connectivity index (χ0) is 27.6. The molecule has 13 heteroatoms. The normalized spacial score (nSPS) is 19.4. The van der Waals surface area contributed by atoms with Crippen LogP contribution >= 0.6 is 0 Å². The number of rotatable bonds is 16. The average Bonchev–Trinajstić information content (AvgIpc) is 2.69. The third-order valence-electron chi connectivity index (χ3n) is 6.13. The van der Waals surface area contributed by atoms with E-state index in [1.807, 2.05) is 20.8 Å². The predicted molar refractivity (Wildman–Crippen MR) is 127 cm³/mol. The summed E-state index contributed by atoms with van der Waals surface area (Å²) in [6.45, 7) is 3.17. The first-order valence-electron chi connectivity index (χ1n) is 11.9. The number of carboxylic acids is 5. The molecule has 3 atom stereocenters. The zero-order valence-electron chi connectivity index (χ0n) is 21.1.